The van der Waals surface area contributed by atoms with Crippen molar-refractivity contribution < 1.29 is 28.2 Å². The first kappa shape index (κ1) is 14.6. The molecule has 1 atom stereocenters. The van der Waals surface area contributed by atoms with Gasteiger partial charge < -0.3 is 14.6 Å². The average Bonchev–Trinajstić information content (AvgIpc) is 2.62. The Labute approximate surface area is 115 Å². The van der Waals surface area contributed by atoms with E-state index in [1.54, 1.807) is 0 Å². The van der Waals surface area contributed by atoms with Gasteiger partial charge in [-0.15, -0.1) is 0 Å². The number of carboxylic acid groups (broad SMARTS) is 1. The molecule has 0 aromatic heterocycles. The van der Waals surface area contributed by atoms with E-state index in [0.29, 0.717) is 36.7 Å². The summed E-state index contributed by atoms with van der Waals surface area (Å²) in [5.41, 5.74) is 0.0986. The van der Waals surface area contributed by atoms with Gasteiger partial charge in [-0.05, 0) is 24.1 Å². The van der Waals surface area contributed by atoms with Crippen LogP contribution in [-0.4, -0.2) is 24.3 Å². The Kier molecular flexibility index (Phi) is 4.42. The smallest absolute Gasteiger partial charge is 0.306 e. The monoisotopic (exact) mass is 286 g/mol. The maximum atomic E-state index is 13.1. The molecule has 0 radical (unpaired) electrons. The van der Waals surface area contributed by atoms with Crippen LogP contribution in [0.1, 0.15) is 30.9 Å². The molecule has 20 heavy (non-hydrogen) atoms. The van der Waals surface area contributed by atoms with Crippen molar-refractivity contribution in [1.82, 2.24) is 0 Å². The molecule has 1 aliphatic heterocycles. The molecule has 0 amide bonds. The number of hydrogen-bond acceptors (Lipinski definition) is 3. The van der Waals surface area contributed by atoms with Gasteiger partial charge in [0.1, 0.15) is 0 Å². The number of carbonyl (C=O) groups is 1. The fourth-order valence-corrected chi connectivity index (χ4v) is 2.06. The third-order valence-electron chi connectivity index (χ3n) is 3.19. The molecule has 1 aromatic carbocycles. The zero-order valence-corrected chi connectivity index (χ0v) is 11.1. The van der Waals surface area contributed by atoms with E-state index in [-0.39, 0.29) is 12.0 Å². The van der Waals surface area contributed by atoms with Gasteiger partial charge in [0, 0.05) is 12.0 Å². The molecular formula is C14H16F2O4. The van der Waals surface area contributed by atoms with Gasteiger partial charge in [0.15, 0.2) is 11.5 Å². The standard InChI is InChI=1S/C14H16F2O4/c1-8(14(17)18)5-9-6-11-12(7-10(9)13(15)16)20-4-2-3-19-11/h6-8,13H,2-5H2,1H3,(H,17,18). The number of alkyl halides is 2. The van der Waals surface area contributed by atoms with E-state index >= 15 is 0 Å². The molecule has 4 nitrogen and oxygen atoms in total. The fraction of sp³-hybridized carbons (Fsp3) is 0.500. The second-order valence-corrected chi connectivity index (χ2v) is 4.79. The summed E-state index contributed by atoms with van der Waals surface area (Å²) >= 11 is 0. The Morgan fingerprint density at radius 3 is 2.45 bits per heavy atom. The molecule has 0 bridgehead atoms. The zero-order valence-electron chi connectivity index (χ0n) is 11.1. The van der Waals surface area contributed by atoms with Crippen molar-refractivity contribution in [2.75, 3.05) is 13.2 Å². The number of halogens is 2. The fourth-order valence-electron chi connectivity index (χ4n) is 2.06. The summed E-state index contributed by atoms with van der Waals surface area (Å²) in [5, 5.41) is 8.91. The molecule has 1 N–H and O–H groups in total. The lowest BCUT2D eigenvalue weighted by atomic mass is 9.96. The Morgan fingerprint density at radius 1 is 1.30 bits per heavy atom. The summed E-state index contributed by atoms with van der Waals surface area (Å²) in [4.78, 5) is 10.9. The van der Waals surface area contributed by atoms with Crippen LogP contribution in [0.4, 0.5) is 8.78 Å². The maximum absolute atomic E-state index is 13.1. The van der Waals surface area contributed by atoms with Gasteiger partial charge in [-0.25, -0.2) is 8.78 Å². The first-order valence-corrected chi connectivity index (χ1v) is 6.42. The molecule has 0 aliphatic carbocycles. The maximum Gasteiger partial charge on any atom is 0.306 e. The highest BCUT2D eigenvalue weighted by Crippen LogP contribution is 2.37. The SMILES string of the molecule is CC(Cc1cc2c(cc1C(F)F)OCCCO2)C(=O)O. The highest BCUT2D eigenvalue weighted by Gasteiger charge is 2.22. The van der Waals surface area contributed by atoms with Crippen molar-refractivity contribution in [3.8, 4) is 11.5 Å². The third kappa shape index (κ3) is 3.18. The van der Waals surface area contributed by atoms with Crippen LogP contribution in [0.2, 0.25) is 0 Å². The molecule has 6 heteroatoms. The molecule has 2 rings (SSSR count). The van der Waals surface area contributed by atoms with E-state index in [9.17, 15) is 13.6 Å². The minimum Gasteiger partial charge on any atom is -0.490 e. The van der Waals surface area contributed by atoms with Crippen molar-refractivity contribution in [3.05, 3.63) is 23.3 Å². The lowest BCUT2D eigenvalue weighted by molar-refractivity contribution is -0.141. The van der Waals surface area contributed by atoms with Gasteiger partial charge in [0.2, 0.25) is 0 Å². The highest BCUT2D eigenvalue weighted by atomic mass is 19.3. The van der Waals surface area contributed by atoms with E-state index in [0.717, 1.165) is 0 Å². The number of rotatable bonds is 4. The Hall–Kier alpha value is -1.85. The molecule has 0 fully saturated rings. The van der Waals surface area contributed by atoms with Crippen molar-refractivity contribution in [1.29, 1.82) is 0 Å². The molecule has 1 aliphatic rings. The Bertz CT molecular complexity index is 502. The highest BCUT2D eigenvalue weighted by molar-refractivity contribution is 5.70. The first-order chi connectivity index (χ1) is 9.49. The quantitative estimate of drug-likeness (QED) is 0.924. The molecule has 110 valence electrons. The van der Waals surface area contributed by atoms with Gasteiger partial charge >= 0.3 is 5.97 Å². The molecule has 1 unspecified atom stereocenters. The topological polar surface area (TPSA) is 55.8 Å². The molecule has 0 spiro atoms. The lowest BCUT2D eigenvalue weighted by Crippen LogP contribution is -2.13. The third-order valence-corrected chi connectivity index (χ3v) is 3.19. The molecular weight excluding hydrogens is 270 g/mol. The number of hydrogen-bond donors (Lipinski definition) is 1. The van der Waals surface area contributed by atoms with E-state index < -0.39 is 18.3 Å². The summed E-state index contributed by atoms with van der Waals surface area (Å²) in [6, 6.07) is 2.73. The van der Waals surface area contributed by atoms with Gasteiger partial charge in [0.05, 0.1) is 19.1 Å². The summed E-state index contributed by atoms with van der Waals surface area (Å²) in [5.74, 6) is -1.06. The predicted molar refractivity (Wildman–Crippen MR) is 67.5 cm³/mol. The molecule has 0 saturated heterocycles. The zero-order chi connectivity index (χ0) is 14.7. The summed E-state index contributed by atoms with van der Waals surface area (Å²) in [7, 11) is 0. The van der Waals surface area contributed by atoms with Crippen molar-refractivity contribution in [3.63, 3.8) is 0 Å². The second kappa shape index (κ2) is 6.07. The van der Waals surface area contributed by atoms with Gasteiger partial charge in [-0.2, -0.15) is 0 Å². The normalized spacial score (nSPS) is 15.8. The van der Waals surface area contributed by atoms with Crippen LogP contribution in [0.15, 0.2) is 12.1 Å². The number of benzene rings is 1. The number of ether oxygens (including phenoxy) is 2. The van der Waals surface area contributed by atoms with Gasteiger partial charge in [-0.1, -0.05) is 6.92 Å². The molecule has 0 saturated carbocycles. The summed E-state index contributed by atoms with van der Waals surface area (Å²) < 4.78 is 37.0. The van der Waals surface area contributed by atoms with E-state index in [4.69, 9.17) is 14.6 Å². The number of carboxylic acids is 1. The lowest BCUT2D eigenvalue weighted by Gasteiger charge is -2.15. The van der Waals surface area contributed by atoms with Crippen LogP contribution in [0.5, 0.6) is 11.5 Å². The largest absolute Gasteiger partial charge is 0.490 e. The van der Waals surface area contributed by atoms with Crippen molar-refractivity contribution in [2.45, 2.75) is 26.2 Å². The molecule has 1 aromatic rings. The van der Waals surface area contributed by atoms with Gasteiger partial charge in [-0.3, -0.25) is 4.79 Å². The predicted octanol–water partition coefficient (Wildman–Crippen LogP) is 3.05. The average molecular weight is 286 g/mol. The minimum atomic E-state index is -2.68. The summed E-state index contributed by atoms with van der Waals surface area (Å²) in [6.07, 6.45) is -1.96. The van der Waals surface area contributed by atoms with Crippen LogP contribution >= 0.6 is 0 Å². The van der Waals surface area contributed by atoms with Crippen LogP contribution in [-0.2, 0) is 11.2 Å². The van der Waals surface area contributed by atoms with E-state index in [1.807, 2.05) is 0 Å². The van der Waals surface area contributed by atoms with Crippen molar-refractivity contribution in [2.24, 2.45) is 5.92 Å². The van der Waals surface area contributed by atoms with Crippen LogP contribution in [0.25, 0.3) is 0 Å². The van der Waals surface area contributed by atoms with E-state index in [1.165, 1.54) is 19.1 Å². The summed E-state index contributed by atoms with van der Waals surface area (Å²) in [6.45, 7) is 2.36. The van der Waals surface area contributed by atoms with Crippen molar-refractivity contribution >= 4 is 5.97 Å². The van der Waals surface area contributed by atoms with Crippen LogP contribution in [0.3, 0.4) is 0 Å². The minimum absolute atomic E-state index is 0.0334. The number of fused-ring (bicyclic) bond motifs is 1. The van der Waals surface area contributed by atoms with Crippen LogP contribution in [0, 0.1) is 5.92 Å². The Morgan fingerprint density at radius 2 is 1.90 bits per heavy atom. The first-order valence-electron chi connectivity index (χ1n) is 6.42. The van der Waals surface area contributed by atoms with Crippen LogP contribution < -0.4 is 9.47 Å². The second-order valence-electron chi connectivity index (χ2n) is 4.79. The number of aliphatic carboxylic acids is 1. The van der Waals surface area contributed by atoms with Gasteiger partial charge in [0.25, 0.3) is 6.43 Å². The molecule has 1 heterocycles. The Balaban J connectivity index is 2.38. The van der Waals surface area contributed by atoms with E-state index in [2.05, 4.69) is 0 Å².